The number of ether oxygens (including phenoxy) is 1. The Balaban J connectivity index is 1.36. The summed E-state index contributed by atoms with van der Waals surface area (Å²) in [6.07, 6.45) is 3.23. The number of pyridine rings is 2. The number of nitrogens with zero attached hydrogens (tertiary/aromatic N) is 2. The molecule has 0 spiro atoms. The number of hydrogen-bond donors (Lipinski definition) is 1. The zero-order valence-corrected chi connectivity index (χ0v) is 14.0. The lowest BCUT2D eigenvalue weighted by atomic mass is 9.81. The molecule has 126 valence electrons. The molecular formula is C20H19N3O2. The van der Waals surface area contributed by atoms with Crippen LogP contribution >= 0.6 is 0 Å². The molecule has 1 N–H and O–H groups in total. The van der Waals surface area contributed by atoms with E-state index in [1.54, 1.807) is 12.3 Å². The molecule has 0 aliphatic heterocycles. The molecule has 0 saturated heterocycles. The van der Waals surface area contributed by atoms with Gasteiger partial charge in [-0.15, -0.1) is 0 Å². The van der Waals surface area contributed by atoms with Crippen LogP contribution in [0, 0.1) is 12.8 Å². The van der Waals surface area contributed by atoms with Gasteiger partial charge in [-0.05, 0) is 44.0 Å². The highest BCUT2D eigenvalue weighted by Crippen LogP contribution is 2.34. The fourth-order valence-corrected chi connectivity index (χ4v) is 3.07. The Hall–Kier alpha value is -2.95. The molecule has 0 atom stereocenters. The number of aromatic nitrogens is 2. The fraction of sp³-hybridized carbons (Fsp3) is 0.250. The average Bonchev–Trinajstić information content (AvgIpc) is 2.57. The first kappa shape index (κ1) is 15.6. The summed E-state index contributed by atoms with van der Waals surface area (Å²) in [6, 6.07) is 15.4. The van der Waals surface area contributed by atoms with E-state index in [9.17, 15) is 4.79 Å². The maximum Gasteiger partial charge on any atom is 0.228 e. The van der Waals surface area contributed by atoms with Gasteiger partial charge in [0.2, 0.25) is 5.91 Å². The van der Waals surface area contributed by atoms with Gasteiger partial charge in [0.15, 0.2) is 0 Å². The van der Waals surface area contributed by atoms with Crippen LogP contribution in [0.2, 0.25) is 0 Å². The minimum absolute atomic E-state index is 0.00833. The quantitative estimate of drug-likeness (QED) is 0.790. The largest absolute Gasteiger partial charge is 0.488 e. The van der Waals surface area contributed by atoms with Gasteiger partial charge < -0.3 is 10.1 Å². The predicted molar refractivity (Wildman–Crippen MR) is 96.5 cm³/mol. The Bertz CT molecular complexity index is 914. The molecule has 0 radical (unpaired) electrons. The summed E-state index contributed by atoms with van der Waals surface area (Å²) in [5.74, 6) is 1.36. The van der Waals surface area contributed by atoms with E-state index in [0.29, 0.717) is 18.7 Å². The molecule has 0 bridgehead atoms. The summed E-state index contributed by atoms with van der Waals surface area (Å²) in [7, 11) is 0. The monoisotopic (exact) mass is 333 g/mol. The highest BCUT2D eigenvalue weighted by atomic mass is 16.5. The fourth-order valence-electron chi connectivity index (χ4n) is 3.07. The Morgan fingerprint density at radius 1 is 1.12 bits per heavy atom. The van der Waals surface area contributed by atoms with Crippen LogP contribution in [0.4, 0.5) is 5.82 Å². The number of rotatable bonds is 4. The second-order valence-electron chi connectivity index (χ2n) is 6.39. The summed E-state index contributed by atoms with van der Waals surface area (Å²) in [4.78, 5) is 21.0. The van der Waals surface area contributed by atoms with Crippen LogP contribution in [0.15, 0.2) is 54.7 Å². The van der Waals surface area contributed by atoms with Gasteiger partial charge in [-0.25, -0.2) is 4.98 Å². The maximum absolute atomic E-state index is 12.3. The first-order chi connectivity index (χ1) is 12.2. The number of fused-ring (bicyclic) bond motifs is 1. The van der Waals surface area contributed by atoms with Gasteiger partial charge in [-0.1, -0.05) is 24.3 Å². The van der Waals surface area contributed by atoms with Crippen molar-refractivity contribution in [3.63, 3.8) is 0 Å². The zero-order valence-electron chi connectivity index (χ0n) is 14.0. The first-order valence-electron chi connectivity index (χ1n) is 8.44. The lowest BCUT2D eigenvalue weighted by Crippen LogP contribution is -2.41. The van der Waals surface area contributed by atoms with E-state index >= 15 is 0 Å². The lowest BCUT2D eigenvalue weighted by molar-refractivity contribution is -0.125. The van der Waals surface area contributed by atoms with Crippen LogP contribution in [-0.4, -0.2) is 22.0 Å². The SMILES string of the molecule is Cc1cccc(NC(=O)C2CC(Oc3cccc4cccnc34)C2)n1. The van der Waals surface area contributed by atoms with Gasteiger partial charge in [-0.2, -0.15) is 0 Å². The van der Waals surface area contributed by atoms with Crippen LogP contribution in [0.5, 0.6) is 5.75 Å². The standard InChI is InChI=1S/C20H19N3O2/c1-13-5-2-9-18(22-13)23-20(24)15-11-16(12-15)25-17-8-3-6-14-7-4-10-21-19(14)17/h2-10,15-16H,11-12H2,1H3,(H,22,23,24). The van der Waals surface area contributed by atoms with Gasteiger partial charge in [0.05, 0.1) is 0 Å². The molecule has 1 fully saturated rings. The number of benzene rings is 1. The van der Waals surface area contributed by atoms with E-state index in [1.807, 2.05) is 49.4 Å². The third kappa shape index (κ3) is 3.31. The number of aryl methyl sites for hydroxylation is 1. The number of anilines is 1. The zero-order chi connectivity index (χ0) is 17.2. The highest BCUT2D eigenvalue weighted by molar-refractivity contribution is 5.92. The maximum atomic E-state index is 12.3. The number of amides is 1. The van der Waals surface area contributed by atoms with Crippen molar-refractivity contribution in [2.45, 2.75) is 25.9 Å². The minimum atomic E-state index is -0.0322. The molecule has 1 aromatic carbocycles. The predicted octanol–water partition coefficient (Wildman–Crippen LogP) is 3.73. The van der Waals surface area contributed by atoms with Crippen molar-refractivity contribution >= 4 is 22.6 Å². The first-order valence-corrected chi connectivity index (χ1v) is 8.44. The van der Waals surface area contributed by atoms with Crippen LogP contribution in [-0.2, 0) is 4.79 Å². The van der Waals surface area contributed by atoms with E-state index < -0.39 is 0 Å². The van der Waals surface area contributed by atoms with Crippen LogP contribution in [0.1, 0.15) is 18.5 Å². The van der Waals surface area contributed by atoms with E-state index in [4.69, 9.17) is 4.74 Å². The van der Waals surface area contributed by atoms with Crippen molar-refractivity contribution in [1.29, 1.82) is 0 Å². The summed E-state index contributed by atoms with van der Waals surface area (Å²) < 4.78 is 6.06. The summed E-state index contributed by atoms with van der Waals surface area (Å²) >= 11 is 0. The van der Waals surface area contributed by atoms with Crippen LogP contribution < -0.4 is 10.1 Å². The molecule has 4 rings (SSSR count). The van der Waals surface area contributed by atoms with Crippen molar-refractivity contribution in [1.82, 2.24) is 9.97 Å². The van der Waals surface area contributed by atoms with Crippen LogP contribution in [0.25, 0.3) is 10.9 Å². The number of nitrogens with one attached hydrogen (secondary N) is 1. The second kappa shape index (κ2) is 6.51. The summed E-state index contributed by atoms with van der Waals surface area (Å²) in [5.41, 5.74) is 1.75. The number of para-hydroxylation sites is 1. The molecule has 2 heterocycles. The Morgan fingerprint density at radius 2 is 1.92 bits per heavy atom. The van der Waals surface area contributed by atoms with Gasteiger partial charge in [0.25, 0.3) is 0 Å². The van der Waals surface area contributed by atoms with Crippen molar-refractivity contribution in [2.75, 3.05) is 5.32 Å². The summed E-state index contributed by atoms with van der Waals surface area (Å²) in [6.45, 7) is 1.90. The molecular weight excluding hydrogens is 314 g/mol. The van der Waals surface area contributed by atoms with Gasteiger partial charge in [0, 0.05) is 23.2 Å². The van der Waals surface area contributed by atoms with E-state index in [2.05, 4.69) is 15.3 Å². The molecule has 1 amide bonds. The Morgan fingerprint density at radius 3 is 2.76 bits per heavy atom. The number of carbonyl (C=O) groups excluding carboxylic acids is 1. The topological polar surface area (TPSA) is 64.1 Å². The lowest BCUT2D eigenvalue weighted by Gasteiger charge is -2.34. The molecule has 1 aliphatic carbocycles. The van der Waals surface area contributed by atoms with Crippen molar-refractivity contribution in [2.24, 2.45) is 5.92 Å². The van der Waals surface area contributed by atoms with E-state index in [1.165, 1.54) is 0 Å². The average molecular weight is 333 g/mol. The Kier molecular flexibility index (Phi) is 4.06. The van der Waals surface area contributed by atoms with Gasteiger partial charge >= 0.3 is 0 Å². The van der Waals surface area contributed by atoms with Crippen LogP contribution in [0.3, 0.4) is 0 Å². The molecule has 1 saturated carbocycles. The van der Waals surface area contributed by atoms with Crippen molar-refractivity contribution in [3.8, 4) is 5.75 Å². The number of carbonyl (C=O) groups is 1. The molecule has 2 aromatic heterocycles. The van der Waals surface area contributed by atoms with Crippen molar-refractivity contribution in [3.05, 3.63) is 60.4 Å². The number of hydrogen-bond acceptors (Lipinski definition) is 4. The minimum Gasteiger partial charge on any atom is -0.488 e. The molecule has 1 aliphatic rings. The van der Waals surface area contributed by atoms with Crippen molar-refractivity contribution < 1.29 is 9.53 Å². The van der Waals surface area contributed by atoms with Gasteiger partial charge in [-0.3, -0.25) is 9.78 Å². The molecule has 5 heteroatoms. The molecule has 0 unspecified atom stereocenters. The summed E-state index contributed by atoms with van der Waals surface area (Å²) in [5, 5.41) is 3.94. The smallest absolute Gasteiger partial charge is 0.228 e. The Labute approximate surface area is 146 Å². The molecule has 5 nitrogen and oxygen atoms in total. The van der Waals surface area contributed by atoms with Gasteiger partial charge in [0.1, 0.15) is 23.2 Å². The highest BCUT2D eigenvalue weighted by Gasteiger charge is 2.36. The normalized spacial score (nSPS) is 19.2. The second-order valence-corrected chi connectivity index (χ2v) is 6.39. The third-order valence-electron chi connectivity index (χ3n) is 4.49. The van der Waals surface area contributed by atoms with E-state index in [-0.39, 0.29) is 17.9 Å². The third-order valence-corrected chi connectivity index (χ3v) is 4.49. The molecule has 3 aromatic rings. The molecule has 25 heavy (non-hydrogen) atoms. The van der Waals surface area contributed by atoms with E-state index in [0.717, 1.165) is 22.3 Å².